The SMILES string of the molecule is CC(C)(C)c1ccc(C#Cc2cc3c(C#Cc4ccc(C(C)(C)C)cc4C#C[Si](C)(C)C)cc2CCc2cc(C#Cc4ccc(C(C)(C)C)cc4C#C[Si](C)(C)C)c(cc2C#Cc2ccc(C(C)(C)C)cc2C#C[Si](C)(C)C)CC3)c(C#C[Si](C)(C)C)c1. The first-order chi connectivity index (χ1) is 40.6. The predicted octanol–water partition coefficient (Wildman–Crippen LogP) is 19.3. The van der Waals surface area contributed by atoms with Crippen molar-refractivity contribution in [1.82, 2.24) is 0 Å². The predicted molar refractivity (Wildman–Crippen MR) is 393 cm³/mol. The molecule has 0 N–H and O–H groups in total. The molecule has 0 fully saturated rings. The first-order valence-electron chi connectivity index (χ1n) is 31.7. The van der Waals surface area contributed by atoms with Gasteiger partial charge in [0, 0.05) is 66.8 Å². The molecule has 0 radical (unpaired) electrons. The number of rotatable bonds is 0. The second-order valence-corrected chi connectivity index (χ2v) is 51.4. The van der Waals surface area contributed by atoms with Gasteiger partial charge in [-0.05, 0) is 165 Å². The molecule has 0 saturated carbocycles. The fourth-order valence-corrected chi connectivity index (χ4v) is 11.7. The van der Waals surface area contributed by atoms with E-state index in [-0.39, 0.29) is 21.7 Å². The molecule has 4 aliphatic rings. The average molecular weight is 1220 g/mol. The number of aryl methyl sites for hydroxylation is 4. The van der Waals surface area contributed by atoms with E-state index in [2.05, 4.69) is 352 Å². The molecule has 0 saturated heterocycles. The lowest BCUT2D eigenvalue weighted by atomic mass is 9.84. The van der Waals surface area contributed by atoms with Crippen molar-refractivity contribution in [2.75, 3.05) is 0 Å². The zero-order valence-electron chi connectivity index (χ0n) is 58.1. The lowest BCUT2D eigenvalue weighted by Crippen LogP contribution is -2.16. The lowest BCUT2D eigenvalue weighted by Gasteiger charge is -2.20. The quantitative estimate of drug-likeness (QED) is 0.105. The fourth-order valence-electron chi connectivity index (χ4n) is 9.66. The van der Waals surface area contributed by atoms with Crippen LogP contribution in [0, 0.1) is 93.2 Å². The third kappa shape index (κ3) is 19.8. The Balaban J connectivity index is 1.51. The van der Waals surface area contributed by atoms with Gasteiger partial charge >= 0.3 is 0 Å². The molecule has 0 heterocycles. The summed E-state index contributed by atoms with van der Waals surface area (Å²) in [5.74, 6) is 44.4. The smallest absolute Gasteiger partial charge is 0.127 e. The number of hydrogen-bond donors (Lipinski definition) is 0. The molecule has 6 aromatic rings. The molecule has 0 aliphatic heterocycles. The Morgan fingerprint density at radius 3 is 0.545 bits per heavy atom. The van der Waals surface area contributed by atoms with E-state index in [0.717, 1.165) is 89.0 Å². The summed E-state index contributed by atoms with van der Waals surface area (Å²) in [6.45, 7) is 54.7. The fraction of sp³-hybridized carbons (Fsp3) is 0.381. The lowest BCUT2D eigenvalue weighted by molar-refractivity contribution is 0.590. The first kappa shape index (κ1) is 68.2. The van der Waals surface area contributed by atoms with Crippen molar-refractivity contribution in [3.63, 3.8) is 0 Å². The standard InChI is InChI=1S/C84H96Si4/c1-81(2,3)77-41-37-61(73(57-77)45-49-85(13,14)15)25-29-65-53-70-35-36-72-56-67(31-27-63-39-43-79(83(7,8)9)59-75(63)47-51-87(19,20)21)71(55-68(72)32-28-64-40-44-80(84(10,11)12)60-76(64)48-52-88(22,23)24)34-33-69(65)54-66(70)30-26-62-38-42-78(82(4,5)6)58-74(62)46-50-86(16,17)18/h37-44,53-60H,33-36H2,1-24H3. The van der Waals surface area contributed by atoms with Crippen LogP contribution in [0.5, 0.6) is 0 Å². The van der Waals surface area contributed by atoms with E-state index in [1.54, 1.807) is 0 Å². The summed E-state index contributed by atoms with van der Waals surface area (Å²) in [5, 5.41) is 0. The van der Waals surface area contributed by atoms with Crippen LogP contribution in [-0.4, -0.2) is 32.3 Å². The maximum absolute atomic E-state index is 3.78. The monoisotopic (exact) mass is 1220 g/mol. The van der Waals surface area contributed by atoms with Crippen LogP contribution >= 0.6 is 0 Å². The van der Waals surface area contributed by atoms with Gasteiger partial charge in [0.2, 0.25) is 0 Å². The maximum Gasteiger partial charge on any atom is 0.129 e. The highest BCUT2D eigenvalue weighted by atomic mass is 28.3. The van der Waals surface area contributed by atoms with E-state index in [1.807, 2.05) is 0 Å². The van der Waals surface area contributed by atoms with E-state index >= 15 is 0 Å². The molecule has 88 heavy (non-hydrogen) atoms. The van der Waals surface area contributed by atoms with Gasteiger partial charge in [-0.2, -0.15) is 0 Å². The number of benzene rings is 6. The Kier molecular flexibility index (Phi) is 20.4. The van der Waals surface area contributed by atoms with Gasteiger partial charge in [0.15, 0.2) is 0 Å². The van der Waals surface area contributed by atoms with Crippen molar-refractivity contribution in [3.05, 3.63) is 208 Å². The third-order valence-electron chi connectivity index (χ3n) is 15.1. The molecule has 10 rings (SSSR count). The van der Waals surface area contributed by atoms with Gasteiger partial charge in [0.05, 0.1) is 0 Å². The summed E-state index contributed by atoms with van der Waals surface area (Å²) in [6.07, 6.45) is 2.82. The van der Waals surface area contributed by atoms with Gasteiger partial charge in [0.1, 0.15) is 32.3 Å². The van der Waals surface area contributed by atoms with Gasteiger partial charge in [0.25, 0.3) is 0 Å². The highest BCUT2D eigenvalue weighted by molar-refractivity contribution is 6.85. The van der Waals surface area contributed by atoms with Gasteiger partial charge in [-0.1, -0.05) is 257 Å². The van der Waals surface area contributed by atoms with Gasteiger partial charge in [-0.25, -0.2) is 0 Å². The summed E-state index contributed by atoms with van der Waals surface area (Å²) in [5.41, 5.74) is 35.9. The van der Waals surface area contributed by atoms with Crippen molar-refractivity contribution in [1.29, 1.82) is 0 Å². The third-order valence-corrected chi connectivity index (χ3v) is 18.6. The van der Waals surface area contributed by atoms with Crippen LogP contribution < -0.4 is 0 Å². The minimum Gasteiger partial charge on any atom is -0.127 e. The first-order valence-corrected chi connectivity index (χ1v) is 45.7. The van der Waals surface area contributed by atoms with Crippen LogP contribution in [0.4, 0.5) is 0 Å². The molecular weight excluding hydrogens is 1120 g/mol. The van der Waals surface area contributed by atoms with Crippen LogP contribution in [-0.2, 0) is 47.3 Å². The summed E-state index contributed by atoms with van der Waals surface area (Å²) >= 11 is 0. The molecular formula is C84H96Si4. The molecule has 0 amide bonds. The second-order valence-electron chi connectivity index (χ2n) is 32.4. The van der Waals surface area contributed by atoms with Crippen molar-refractivity contribution in [2.24, 2.45) is 0 Å². The highest BCUT2D eigenvalue weighted by Crippen LogP contribution is 2.31. The highest BCUT2D eigenvalue weighted by Gasteiger charge is 2.22. The van der Waals surface area contributed by atoms with E-state index in [4.69, 9.17) is 0 Å². The van der Waals surface area contributed by atoms with Crippen molar-refractivity contribution >= 4 is 32.3 Å². The van der Waals surface area contributed by atoms with E-state index in [9.17, 15) is 0 Å². The second kappa shape index (κ2) is 26.4. The molecule has 0 nitrogen and oxygen atoms in total. The van der Waals surface area contributed by atoms with Gasteiger partial charge in [-0.3, -0.25) is 0 Å². The zero-order chi connectivity index (χ0) is 65.0. The number of hydrogen-bond acceptors (Lipinski definition) is 0. The van der Waals surface area contributed by atoms with Gasteiger partial charge in [-0.15, -0.1) is 22.2 Å². The van der Waals surface area contributed by atoms with Crippen LogP contribution in [0.15, 0.2) is 97.1 Å². The van der Waals surface area contributed by atoms with Crippen molar-refractivity contribution in [3.8, 4) is 93.2 Å². The molecule has 448 valence electrons. The Labute approximate surface area is 539 Å². The summed E-state index contributed by atoms with van der Waals surface area (Å²) < 4.78 is 0. The van der Waals surface area contributed by atoms with E-state index in [1.165, 1.54) is 22.3 Å². The summed E-state index contributed by atoms with van der Waals surface area (Å²) in [7, 11) is -6.79. The minimum absolute atomic E-state index is 0.0298. The molecule has 0 aromatic heterocycles. The van der Waals surface area contributed by atoms with Crippen LogP contribution in [0.25, 0.3) is 0 Å². The summed E-state index contributed by atoms with van der Waals surface area (Å²) in [4.78, 5) is 0. The minimum atomic E-state index is -1.70. The maximum atomic E-state index is 3.78. The Morgan fingerprint density at radius 1 is 0.216 bits per heavy atom. The molecule has 0 unspecified atom stereocenters. The normalized spacial score (nSPS) is 12.5. The Bertz CT molecular complexity index is 3690. The molecule has 6 aromatic carbocycles. The van der Waals surface area contributed by atoms with Crippen molar-refractivity contribution < 1.29 is 0 Å². The van der Waals surface area contributed by atoms with Crippen molar-refractivity contribution in [2.45, 2.75) is 209 Å². The molecule has 4 bridgehead atoms. The Morgan fingerprint density at radius 2 is 0.386 bits per heavy atom. The average Bonchev–Trinajstić information content (AvgIpc) is 3.62. The largest absolute Gasteiger partial charge is 0.129 e. The van der Waals surface area contributed by atoms with E-state index in [0.29, 0.717) is 25.7 Å². The zero-order valence-corrected chi connectivity index (χ0v) is 62.1. The van der Waals surface area contributed by atoms with Crippen LogP contribution in [0.2, 0.25) is 78.6 Å². The molecule has 0 atom stereocenters. The Hall–Kier alpha value is -7.33. The van der Waals surface area contributed by atoms with Gasteiger partial charge < -0.3 is 0 Å². The molecule has 0 spiro atoms. The van der Waals surface area contributed by atoms with Crippen LogP contribution in [0.3, 0.4) is 0 Å². The van der Waals surface area contributed by atoms with Crippen LogP contribution in [0.1, 0.15) is 194 Å². The molecule has 4 aliphatic carbocycles. The van der Waals surface area contributed by atoms with E-state index < -0.39 is 32.3 Å². The molecule has 4 heteroatoms. The summed E-state index contributed by atoms with van der Waals surface area (Å²) in [6, 6.07) is 36.0. The topological polar surface area (TPSA) is 0 Å².